The molecule has 0 aliphatic rings. The van der Waals surface area contributed by atoms with Crippen LogP contribution < -0.4 is 11.2 Å². The van der Waals surface area contributed by atoms with Crippen molar-refractivity contribution < 1.29 is 0 Å². The number of hydrogen-bond acceptors (Lipinski definition) is 3. The van der Waals surface area contributed by atoms with Gasteiger partial charge in [-0.05, 0) is 38.0 Å². The van der Waals surface area contributed by atoms with Crippen LogP contribution in [0.4, 0.5) is 0 Å². The lowest BCUT2D eigenvalue weighted by atomic mass is 10.1. The third-order valence-electron chi connectivity index (χ3n) is 4.41. The zero-order valence-electron chi connectivity index (χ0n) is 15.0. The van der Waals surface area contributed by atoms with Crippen LogP contribution in [0.1, 0.15) is 32.2 Å². The van der Waals surface area contributed by atoms with Gasteiger partial charge in [0.2, 0.25) is 0 Å². The molecule has 0 saturated carbocycles. The van der Waals surface area contributed by atoms with Crippen LogP contribution in [0.15, 0.2) is 39.9 Å². The summed E-state index contributed by atoms with van der Waals surface area (Å²) in [4.78, 5) is 29.9. The molecule has 2 aromatic heterocycles. The van der Waals surface area contributed by atoms with Gasteiger partial charge in [0, 0.05) is 20.1 Å². The van der Waals surface area contributed by atoms with E-state index in [9.17, 15) is 9.59 Å². The quantitative estimate of drug-likeness (QED) is 0.734. The summed E-state index contributed by atoms with van der Waals surface area (Å²) in [5.74, 6) is 0.686. The summed E-state index contributed by atoms with van der Waals surface area (Å²) >= 11 is 0. The van der Waals surface area contributed by atoms with E-state index < -0.39 is 0 Å². The number of aromatic nitrogens is 4. The fraction of sp³-hybridized carbons (Fsp3) is 0.316. The van der Waals surface area contributed by atoms with Crippen molar-refractivity contribution in [1.82, 2.24) is 18.7 Å². The molecular weight excluding hydrogens is 316 g/mol. The number of aryl methyl sites for hydroxylation is 2. The molecule has 25 heavy (non-hydrogen) atoms. The van der Waals surface area contributed by atoms with E-state index in [1.807, 2.05) is 57.3 Å². The van der Waals surface area contributed by atoms with E-state index in [1.54, 1.807) is 16.1 Å². The maximum absolute atomic E-state index is 12.7. The molecule has 0 radical (unpaired) electrons. The van der Waals surface area contributed by atoms with Crippen LogP contribution in [-0.4, -0.2) is 18.7 Å². The molecule has 0 spiro atoms. The van der Waals surface area contributed by atoms with Crippen molar-refractivity contribution in [2.45, 2.75) is 33.9 Å². The van der Waals surface area contributed by atoms with E-state index in [4.69, 9.17) is 0 Å². The third-order valence-corrected chi connectivity index (χ3v) is 4.41. The highest BCUT2D eigenvalue weighted by atomic mass is 16.2. The van der Waals surface area contributed by atoms with E-state index in [-0.39, 0.29) is 11.2 Å². The van der Waals surface area contributed by atoms with E-state index in [2.05, 4.69) is 4.98 Å². The van der Waals surface area contributed by atoms with Crippen molar-refractivity contribution in [3.8, 4) is 0 Å². The lowest BCUT2D eigenvalue weighted by Gasteiger charge is -2.08. The second-order valence-electron chi connectivity index (χ2n) is 5.98. The molecular formula is C19H22N4O2. The fourth-order valence-electron chi connectivity index (χ4n) is 3.14. The molecule has 6 heteroatoms. The van der Waals surface area contributed by atoms with E-state index in [0.717, 1.165) is 11.1 Å². The molecule has 0 atom stereocenters. The Morgan fingerprint density at radius 3 is 2.32 bits per heavy atom. The summed E-state index contributed by atoms with van der Waals surface area (Å²) in [6.07, 6.45) is 2.02. The van der Waals surface area contributed by atoms with Gasteiger partial charge in [-0.25, -0.2) is 9.78 Å². The summed E-state index contributed by atoms with van der Waals surface area (Å²) < 4.78 is 4.59. The van der Waals surface area contributed by atoms with E-state index >= 15 is 0 Å². The molecule has 0 unspecified atom stereocenters. The molecule has 3 rings (SSSR count). The van der Waals surface area contributed by atoms with E-state index in [1.165, 1.54) is 4.57 Å². The molecule has 6 nitrogen and oxygen atoms in total. The Labute approximate surface area is 145 Å². The summed E-state index contributed by atoms with van der Waals surface area (Å²) in [7, 11) is 1.82. The smallest absolute Gasteiger partial charge is 0.322 e. The fourth-order valence-corrected chi connectivity index (χ4v) is 3.14. The van der Waals surface area contributed by atoms with Gasteiger partial charge in [0.25, 0.3) is 5.56 Å². The number of fused-ring (bicyclic) bond motifs is 1. The standard InChI is InChI=1S/C19H22N4O2/c1-5-22-17-15(18(24)23(6-2)19(22)25)21(4)16(20-17)13(3)12-14-10-8-7-9-11-14/h7-12H,5-6H2,1-4H3. The Balaban J connectivity index is 2.31. The minimum atomic E-state index is -0.308. The Kier molecular flexibility index (Phi) is 4.44. The average molecular weight is 338 g/mol. The van der Waals surface area contributed by atoms with Gasteiger partial charge in [0.05, 0.1) is 0 Å². The van der Waals surface area contributed by atoms with Gasteiger partial charge in [-0.3, -0.25) is 13.9 Å². The third kappa shape index (κ3) is 2.73. The summed E-state index contributed by atoms with van der Waals surface area (Å²) in [6.45, 7) is 6.44. The molecule has 2 heterocycles. The van der Waals surface area contributed by atoms with Crippen LogP contribution in [0.2, 0.25) is 0 Å². The molecule has 0 aliphatic heterocycles. The maximum atomic E-state index is 12.7. The highest BCUT2D eigenvalue weighted by Crippen LogP contribution is 2.20. The SMILES string of the molecule is CCn1c(=O)c2c(nc(C(C)=Cc3ccccc3)n2C)n(CC)c1=O. The van der Waals surface area contributed by atoms with Crippen LogP contribution in [-0.2, 0) is 20.1 Å². The maximum Gasteiger partial charge on any atom is 0.332 e. The number of hydrogen-bond donors (Lipinski definition) is 0. The van der Waals surface area contributed by atoms with Crippen LogP contribution in [0.25, 0.3) is 22.8 Å². The van der Waals surface area contributed by atoms with E-state index in [0.29, 0.717) is 30.1 Å². The lowest BCUT2D eigenvalue weighted by Crippen LogP contribution is -2.39. The molecule has 0 amide bonds. The van der Waals surface area contributed by atoms with Crippen molar-refractivity contribution in [3.05, 3.63) is 62.6 Å². The van der Waals surface area contributed by atoms with Crippen LogP contribution >= 0.6 is 0 Å². The van der Waals surface area contributed by atoms with Gasteiger partial charge in [-0.15, -0.1) is 0 Å². The molecule has 0 N–H and O–H groups in total. The molecule has 3 aromatic rings. The molecule has 0 aliphatic carbocycles. The van der Waals surface area contributed by atoms with Crippen molar-refractivity contribution >= 4 is 22.8 Å². The Morgan fingerprint density at radius 2 is 1.72 bits per heavy atom. The van der Waals surface area contributed by atoms with Crippen molar-refractivity contribution in [1.29, 1.82) is 0 Å². The number of benzene rings is 1. The van der Waals surface area contributed by atoms with Crippen molar-refractivity contribution in [2.24, 2.45) is 7.05 Å². The van der Waals surface area contributed by atoms with Gasteiger partial charge in [-0.1, -0.05) is 30.3 Å². The summed E-state index contributed by atoms with van der Waals surface area (Å²) in [5.41, 5.74) is 2.30. The van der Waals surface area contributed by atoms with Crippen LogP contribution in [0.3, 0.4) is 0 Å². The van der Waals surface area contributed by atoms with Crippen molar-refractivity contribution in [2.75, 3.05) is 0 Å². The number of allylic oxidation sites excluding steroid dienone is 1. The molecule has 0 fully saturated rings. The minimum Gasteiger partial charge on any atom is -0.322 e. The minimum absolute atomic E-state index is 0.291. The molecule has 130 valence electrons. The van der Waals surface area contributed by atoms with Gasteiger partial charge in [0.15, 0.2) is 11.2 Å². The van der Waals surface area contributed by atoms with Gasteiger partial charge >= 0.3 is 5.69 Å². The van der Waals surface area contributed by atoms with Gasteiger partial charge < -0.3 is 4.57 Å². The van der Waals surface area contributed by atoms with Crippen LogP contribution in [0, 0.1) is 0 Å². The predicted molar refractivity (Wildman–Crippen MR) is 101 cm³/mol. The highest BCUT2D eigenvalue weighted by Gasteiger charge is 2.19. The molecule has 0 bridgehead atoms. The average Bonchev–Trinajstić information content (AvgIpc) is 2.94. The monoisotopic (exact) mass is 338 g/mol. The Hall–Kier alpha value is -2.89. The van der Waals surface area contributed by atoms with Crippen LogP contribution in [0.5, 0.6) is 0 Å². The number of rotatable bonds is 4. The Morgan fingerprint density at radius 1 is 1.08 bits per heavy atom. The zero-order chi connectivity index (χ0) is 18.1. The zero-order valence-corrected chi connectivity index (χ0v) is 15.0. The molecule has 0 saturated heterocycles. The highest BCUT2D eigenvalue weighted by molar-refractivity contribution is 5.82. The predicted octanol–water partition coefficient (Wildman–Crippen LogP) is 2.50. The first-order valence-corrected chi connectivity index (χ1v) is 8.43. The largest absolute Gasteiger partial charge is 0.332 e. The number of nitrogens with zero attached hydrogens (tertiary/aromatic N) is 4. The second-order valence-corrected chi connectivity index (χ2v) is 5.98. The Bertz CT molecular complexity index is 1070. The summed E-state index contributed by atoms with van der Waals surface area (Å²) in [5, 5.41) is 0. The summed E-state index contributed by atoms with van der Waals surface area (Å²) in [6, 6.07) is 9.94. The topological polar surface area (TPSA) is 61.8 Å². The first kappa shape index (κ1) is 17.0. The van der Waals surface area contributed by atoms with Gasteiger partial charge in [-0.2, -0.15) is 0 Å². The molecule has 1 aromatic carbocycles. The lowest BCUT2D eigenvalue weighted by molar-refractivity contribution is 0.604. The first-order valence-electron chi connectivity index (χ1n) is 8.43. The number of imidazole rings is 1. The second kappa shape index (κ2) is 6.55. The first-order chi connectivity index (χ1) is 12.0. The normalized spacial score (nSPS) is 12.1. The van der Waals surface area contributed by atoms with Crippen molar-refractivity contribution in [3.63, 3.8) is 0 Å². The van der Waals surface area contributed by atoms with Gasteiger partial charge in [0.1, 0.15) is 5.82 Å².